The average Bonchev–Trinajstić information content (AvgIpc) is 3.19. The fourth-order valence-electron chi connectivity index (χ4n) is 3.49. The van der Waals surface area contributed by atoms with Crippen LogP contribution in [0.2, 0.25) is 0 Å². The molecule has 128 valence electrons. The molecule has 4 rings (SSSR count). The lowest BCUT2D eigenvalue weighted by Gasteiger charge is -2.36. The topological polar surface area (TPSA) is 50.2 Å². The third kappa shape index (κ3) is 3.20. The number of amides is 2. The van der Waals surface area contributed by atoms with Gasteiger partial charge in [0.2, 0.25) is 0 Å². The number of piperidine rings is 1. The summed E-state index contributed by atoms with van der Waals surface area (Å²) >= 11 is 1.73. The van der Waals surface area contributed by atoms with Crippen LogP contribution < -0.4 is 5.32 Å². The number of urea groups is 1. The first-order valence-corrected chi connectivity index (χ1v) is 9.70. The fourth-order valence-corrected chi connectivity index (χ4v) is 4.48. The molecule has 2 aromatic heterocycles. The van der Waals surface area contributed by atoms with Gasteiger partial charge in [-0.1, -0.05) is 0 Å². The summed E-state index contributed by atoms with van der Waals surface area (Å²) in [6.07, 6.45) is 7.88. The molecule has 1 atom stereocenters. The molecule has 1 N–H and O–H groups in total. The molecule has 2 aromatic rings. The molecular weight excluding hydrogens is 320 g/mol. The van der Waals surface area contributed by atoms with Crippen LogP contribution in [0.1, 0.15) is 60.5 Å². The molecule has 0 radical (unpaired) electrons. The van der Waals surface area contributed by atoms with Gasteiger partial charge in [0.1, 0.15) is 0 Å². The lowest BCUT2D eigenvalue weighted by atomic mass is 10.00. The zero-order chi connectivity index (χ0) is 16.5. The molecular formula is C18H24N4OS. The van der Waals surface area contributed by atoms with Crippen LogP contribution in [0.15, 0.2) is 23.7 Å². The summed E-state index contributed by atoms with van der Waals surface area (Å²) in [6.45, 7) is 1.35. The normalized spacial score (nSPS) is 21.0. The fraction of sp³-hybridized carbons (Fsp3) is 0.556. The Balaban J connectivity index is 1.40. The number of carbonyl (C=O) groups is 1. The summed E-state index contributed by atoms with van der Waals surface area (Å²) in [5.41, 5.74) is 2.21. The predicted octanol–water partition coefficient (Wildman–Crippen LogP) is 3.80. The van der Waals surface area contributed by atoms with E-state index in [0.717, 1.165) is 25.1 Å². The van der Waals surface area contributed by atoms with Gasteiger partial charge in [0.25, 0.3) is 0 Å². The zero-order valence-electron chi connectivity index (χ0n) is 14.1. The zero-order valence-corrected chi connectivity index (χ0v) is 14.9. The van der Waals surface area contributed by atoms with Crippen LogP contribution in [0, 0.1) is 0 Å². The quantitative estimate of drug-likeness (QED) is 0.917. The van der Waals surface area contributed by atoms with Crippen LogP contribution in [0.3, 0.4) is 0 Å². The minimum Gasteiger partial charge on any atom is -0.353 e. The molecule has 24 heavy (non-hydrogen) atoms. The van der Waals surface area contributed by atoms with E-state index in [1.54, 1.807) is 11.3 Å². The minimum atomic E-state index is 0.0295. The van der Waals surface area contributed by atoms with Gasteiger partial charge in [-0.25, -0.2) is 9.78 Å². The number of likely N-dealkylation sites (tertiary alicyclic amines) is 1. The summed E-state index contributed by atoms with van der Waals surface area (Å²) in [4.78, 5) is 19.4. The second-order valence-corrected chi connectivity index (χ2v) is 7.75. The number of thiazole rings is 1. The first-order chi connectivity index (χ1) is 11.7. The highest BCUT2D eigenvalue weighted by atomic mass is 32.1. The van der Waals surface area contributed by atoms with Crippen molar-refractivity contribution in [3.8, 4) is 0 Å². The van der Waals surface area contributed by atoms with E-state index < -0.39 is 0 Å². The summed E-state index contributed by atoms with van der Waals surface area (Å²) in [5.74, 6) is 0.684. The van der Waals surface area contributed by atoms with Crippen molar-refractivity contribution in [3.63, 3.8) is 0 Å². The van der Waals surface area contributed by atoms with Crippen molar-refractivity contribution in [3.05, 3.63) is 40.1 Å². The smallest absolute Gasteiger partial charge is 0.318 e. The number of nitrogens with one attached hydrogen (secondary N) is 1. The van der Waals surface area contributed by atoms with Crippen molar-refractivity contribution in [1.29, 1.82) is 0 Å². The van der Waals surface area contributed by atoms with Crippen LogP contribution in [-0.2, 0) is 13.6 Å². The summed E-state index contributed by atoms with van der Waals surface area (Å²) < 4.78 is 2.12. The average molecular weight is 344 g/mol. The molecule has 0 unspecified atom stereocenters. The Morgan fingerprint density at radius 2 is 2.25 bits per heavy atom. The Labute approximate surface area is 146 Å². The standard InChI is InChI=1S/C18H24N4OS/c1-21-9-4-6-15(21)16-5-2-3-10-22(16)18(23)19-11-14-12-24-17(20-14)13-7-8-13/h4,6,9,12-13,16H,2-3,5,7-8,10-11H2,1H3,(H,19,23)/t16-/m0/s1. The third-order valence-corrected chi connectivity index (χ3v) is 6.06. The lowest BCUT2D eigenvalue weighted by molar-refractivity contribution is 0.148. The summed E-state index contributed by atoms with van der Waals surface area (Å²) in [7, 11) is 2.05. The predicted molar refractivity (Wildman–Crippen MR) is 95.0 cm³/mol. The Hall–Kier alpha value is -1.82. The van der Waals surface area contributed by atoms with Crippen molar-refractivity contribution in [1.82, 2.24) is 19.8 Å². The van der Waals surface area contributed by atoms with Crippen LogP contribution in [0.5, 0.6) is 0 Å². The molecule has 0 bridgehead atoms. The number of hydrogen-bond donors (Lipinski definition) is 1. The minimum absolute atomic E-state index is 0.0295. The molecule has 3 heterocycles. The highest BCUT2D eigenvalue weighted by Crippen LogP contribution is 2.41. The molecule has 2 fully saturated rings. The maximum absolute atomic E-state index is 12.7. The number of hydrogen-bond acceptors (Lipinski definition) is 3. The molecule has 1 aliphatic carbocycles. The van der Waals surface area contributed by atoms with Crippen molar-refractivity contribution in [2.45, 2.75) is 50.6 Å². The highest BCUT2D eigenvalue weighted by Gasteiger charge is 2.30. The SMILES string of the molecule is Cn1cccc1[C@@H]1CCCCN1C(=O)NCc1csc(C2CC2)n1. The Kier molecular flexibility index (Phi) is 4.31. The summed E-state index contributed by atoms with van der Waals surface area (Å²) in [6, 6.07) is 4.38. The van der Waals surface area contributed by atoms with E-state index in [4.69, 9.17) is 0 Å². The molecule has 2 amide bonds. The van der Waals surface area contributed by atoms with E-state index in [1.807, 2.05) is 4.90 Å². The van der Waals surface area contributed by atoms with Gasteiger partial charge >= 0.3 is 6.03 Å². The van der Waals surface area contributed by atoms with Crippen molar-refractivity contribution in [2.75, 3.05) is 6.54 Å². The van der Waals surface area contributed by atoms with Gasteiger partial charge in [-0.2, -0.15) is 0 Å². The summed E-state index contributed by atoms with van der Waals surface area (Å²) in [5, 5.41) is 6.39. The number of nitrogens with zero attached hydrogens (tertiary/aromatic N) is 3. The molecule has 1 saturated heterocycles. The maximum Gasteiger partial charge on any atom is 0.318 e. The molecule has 1 aliphatic heterocycles. The van der Waals surface area contributed by atoms with E-state index >= 15 is 0 Å². The molecule has 5 nitrogen and oxygen atoms in total. The number of rotatable bonds is 4. The first-order valence-electron chi connectivity index (χ1n) is 8.82. The number of aromatic nitrogens is 2. The first kappa shape index (κ1) is 15.7. The Morgan fingerprint density at radius 3 is 3.00 bits per heavy atom. The lowest BCUT2D eigenvalue weighted by Crippen LogP contribution is -2.44. The van der Waals surface area contributed by atoms with Gasteiger partial charge in [0.15, 0.2) is 0 Å². The van der Waals surface area contributed by atoms with Crippen LogP contribution in [-0.4, -0.2) is 27.0 Å². The van der Waals surface area contributed by atoms with Crippen molar-refractivity contribution in [2.24, 2.45) is 7.05 Å². The Bertz CT molecular complexity index is 718. The third-order valence-electron chi connectivity index (χ3n) is 5.01. The van der Waals surface area contributed by atoms with E-state index in [2.05, 4.69) is 45.6 Å². The molecule has 1 saturated carbocycles. The van der Waals surface area contributed by atoms with Gasteiger partial charge in [-0.15, -0.1) is 11.3 Å². The monoisotopic (exact) mass is 344 g/mol. The van der Waals surface area contributed by atoms with Gasteiger partial charge < -0.3 is 14.8 Å². The number of carbonyl (C=O) groups excluding carboxylic acids is 1. The van der Waals surface area contributed by atoms with E-state index in [1.165, 1.54) is 30.0 Å². The molecule has 0 aromatic carbocycles. The van der Waals surface area contributed by atoms with Gasteiger partial charge in [-0.05, 0) is 44.2 Å². The highest BCUT2D eigenvalue weighted by molar-refractivity contribution is 7.09. The van der Waals surface area contributed by atoms with Crippen LogP contribution >= 0.6 is 11.3 Å². The van der Waals surface area contributed by atoms with E-state index in [-0.39, 0.29) is 12.1 Å². The molecule has 6 heteroatoms. The van der Waals surface area contributed by atoms with E-state index in [0.29, 0.717) is 12.5 Å². The van der Waals surface area contributed by atoms with Gasteiger partial charge in [-0.3, -0.25) is 0 Å². The second-order valence-electron chi connectivity index (χ2n) is 6.86. The van der Waals surface area contributed by atoms with Crippen LogP contribution in [0.4, 0.5) is 4.79 Å². The maximum atomic E-state index is 12.7. The van der Waals surface area contributed by atoms with Gasteiger partial charge in [0, 0.05) is 36.8 Å². The number of aryl methyl sites for hydroxylation is 1. The van der Waals surface area contributed by atoms with Crippen molar-refractivity contribution < 1.29 is 4.79 Å². The largest absolute Gasteiger partial charge is 0.353 e. The van der Waals surface area contributed by atoms with Crippen molar-refractivity contribution >= 4 is 17.4 Å². The molecule has 0 spiro atoms. The molecule has 2 aliphatic rings. The Morgan fingerprint density at radius 1 is 1.38 bits per heavy atom. The second kappa shape index (κ2) is 6.59. The van der Waals surface area contributed by atoms with Crippen LogP contribution in [0.25, 0.3) is 0 Å². The van der Waals surface area contributed by atoms with E-state index in [9.17, 15) is 4.79 Å². The van der Waals surface area contributed by atoms with Gasteiger partial charge in [0.05, 0.1) is 23.3 Å².